The normalized spacial score (nSPS) is 57.1. The van der Waals surface area contributed by atoms with Gasteiger partial charge in [0.05, 0.1) is 23.4 Å². The Kier molecular flexibility index (Phi) is 4.36. The van der Waals surface area contributed by atoms with Crippen molar-refractivity contribution in [2.24, 2.45) is 40.4 Å². The maximum absolute atomic E-state index is 10.3. The molecule has 0 amide bonds. The largest absolute Gasteiger partial charge is 0.389 e. The maximum atomic E-state index is 10.3. The van der Waals surface area contributed by atoms with E-state index in [-0.39, 0.29) is 22.7 Å². The summed E-state index contributed by atoms with van der Waals surface area (Å²) in [5, 5.41) is 10.3. The van der Waals surface area contributed by atoms with E-state index in [0.29, 0.717) is 17.6 Å². The van der Waals surface area contributed by atoms with E-state index < -0.39 is 0 Å². The highest BCUT2D eigenvalue weighted by Crippen LogP contribution is 2.71. The van der Waals surface area contributed by atoms with Gasteiger partial charge in [-0.05, 0) is 118 Å². The van der Waals surface area contributed by atoms with Gasteiger partial charge in [0.1, 0.15) is 6.10 Å². The molecule has 3 saturated carbocycles. The van der Waals surface area contributed by atoms with E-state index in [2.05, 4.69) is 47.6 Å². The standard InChI is InChI=1S/C28H44O3/c1-16(9-14-28(6)25(2,3)31-28)18-7-8-19-22-20(11-13-26(18,19)4)27(5)12-10-17(29)15-21(27)23-24(22)30-23/h15-20,22-24,29H,7-14H2,1-6H3. The molecule has 6 rings (SSSR count). The van der Waals surface area contributed by atoms with Crippen LogP contribution in [0.4, 0.5) is 0 Å². The van der Waals surface area contributed by atoms with Crippen molar-refractivity contribution in [3.63, 3.8) is 0 Å². The van der Waals surface area contributed by atoms with Gasteiger partial charge in [0.2, 0.25) is 0 Å². The monoisotopic (exact) mass is 428 g/mol. The second kappa shape index (κ2) is 6.39. The van der Waals surface area contributed by atoms with Crippen molar-refractivity contribution in [3.05, 3.63) is 11.6 Å². The van der Waals surface area contributed by atoms with Crippen LogP contribution in [0.25, 0.3) is 0 Å². The molecule has 0 aromatic carbocycles. The molecule has 174 valence electrons. The number of hydrogen-bond donors (Lipinski definition) is 1. The van der Waals surface area contributed by atoms with Gasteiger partial charge in [0, 0.05) is 0 Å². The molecule has 6 aliphatic rings. The Labute approximate surface area is 189 Å². The van der Waals surface area contributed by atoms with Crippen LogP contribution in [-0.4, -0.2) is 34.6 Å². The lowest BCUT2D eigenvalue weighted by molar-refractivity contribution is -0.0594. The molecule has 0 bridgehead atoms. The molecule has 2 aliphatic heterocycles. The first-order valence-electron chi connectivity index (χ1n) is 13.3. The molecule has 11 atom stereocenters. The topological polar surface area (TPSA) is 45.3 Å². The Morgan fingerprint density at radius 1 is 1.03 bits per heavy atom. The van der Waals surface area contributed by atoms with E-state index in [1.165, 1.54) is 44.1 Å². The molecule has 3 heteroatoms. The summed E-state index contributed by atoms with van der Waals surface area (Å²) in [4.78, 5) is 0. The minimum Gasteiger partial charge on any atom is -0.389 e. The van der Waals surface area contributed by atoms with Crippen LogP contribution in [0.15, 0.2) is 11.6 Å². The zero-order valence-electron chi connectivity index (χ0n) is 20.6. The molecular formula is C28H44O3. The van der Waals surface area contributed by atoms with Crippen LogP contribution >= 0.6 is 0 Å². The van der Waals surface area contributed by atoms with E-state index in [1.807, 2.05) is 0 Å². The third-order valence-electron chi connectivity index (χ3n) is 11.9. The molecule has 0 radical (unpaired) electrons. The Bertz CT molecular complexity index is 802. The summed E-state index contributed by atoms with van der Waals surface area (Å²) < 4.78 is 12.5. The molecule has 31 heavy (non-hydrogen) atoms. The Balaban J connectivity index is 1.21. The van der Waals surface area contributed by atoms with Gasteiger partial charge in [0.15, 0.2) is 0 Å². The zero-order valence-corrected chi connectivity index (χ0v) is 20.6. The number of ether oxygens (including phenoxy) is 2. The smallest absolute Gasteiger partial charge is 0.106 e. The predicted molar refractivity (Wildman–Crippen MR) is 123 cm³/mol. The number of aliphatic hydroxyl groups excluding tert-OH is 1. The van der Waals surface area contributed by atoms with Crippen molar-refractivity contribution in [1.82, 2.24) is 0 Å². The van der Waals surface area contributed by atoms with E-state index in [4.69, 9.17) is 9.47 Å². The molecule has 2 saturated heterocycles. The highest BCUT2D eigenvalue weighted by molar-refractivity contribution is 5.35. The fraction of sp³-hybridized carbons (Fsp3) is 0.929. The molecule has 11 unspecified atom stereocenters. The highest BCUT2D eigenvalue weighted by atomic mass is 16.6. The highest BCUT2D eigenvalue weighted by Gasteiger charge is 2.69. The average molecular weight is 429 g/mol. The minimum absolute atomic E-state index is 0.0710. The number of aliphatic hydroxyl groups is 1. The lowest BCUT2D eigenvalue weighted by Gasteiger charge is -2.57. The predicted octanol–water partition coefficient (Wildman–Crippen LogP) is 5.90. The summed E-state index contributed by atoms with van der Waals surface area (Å²) in [5.41, 5.74) is 2.37. The van der Waals surface area contributed by atoms with Crippen LogP contribution in [0.3, 0.4) is 0 Å². The number of epoxide rings is 2. The average Bonchev–Trinajstić information content (AvgIpc) is 3.54. The quantitative estimate of drug-likeness (QED) is 0.448. The molecule has 0 aromatic rings. The zero-order chi connectivity index (χ0) is 22.0. The Hall–Kier alpha value is -0.380. The third-order valence-corrected chi connectivity index (χ3v) is 11.9. The van der Waals surface area contributed by atoms with Crippen molar-refractivity contribution in [2.45, 2.75) is 122 Å². The summed E-state index contributed by atoms with van der Waals surface area (Å²) in [6.45, 7) is 14.5. The Morgan fingerprint density at radius 3 is 2.48 bits per heavy atom. The van der Waals surface area contributed by atoms with Gasteiger partial charge in [-0.25, -0.2) is 0 Å². The van der Waals surface area contributed by atoms with Crippen molar-refractivity contribution in [3.8, 4) is 0 Å². The van der Waals surface area contributed by atoms with Crippen LogP contribution in [0, 0.1) is 40.4 Å². The lowest BCUT2D eigenvalue weighted by atomic mass is 9.46. The second-order valence-corrected chi connectivity index (χ2v) is 13.5. The van der Waals surface area contributed by atoms with E-state index >= 15 is 0 Å². The summed E-state index contributed by atoms with van der Waals surface area (Å²) in [6, 6.07) is 0. The van der Waals surface area contributed by atoms with Crippen LogP contribution < -0.4 is 0 Å². The summed E-state index contributed by atoms with van der Waals surface area (Å²) in [7, 11) is 0. The molecule has 1 N–H and O–H groups in total. The van der Waals surface area contributed by atoms with Crippen molar-refractivity contribution < 1.29 is 14.6 Å². The van der Waals surface area contributed by atoms with Gasteiger partial charge in [0.25, 0.3) is 0 Å². The molecule has 0 spiro atoms. The third kappa shape index (κ3) is 2.81. The van der Waals surface area contributed by atoms with Crippen molar-refractivity contribution in [1.29, 1.82) is 0 Å². The molecule has 2 heterocycles. The van der Waals surface area contributed by atoms with Gasteiger partial charge in [-0.3, -0.25) is 0 Å². The van der Waals surface area contributed by atoms with E-state index in [1.54, 1.807) is 0 Å². The molecule has 3 nitrogen and oxygen atoms in total. The molecular weight excluding hydrogens is 384 g/mol. The number of rotatable bonds is 4. The van der Waals surface area contributed by atoms with Crippen molar-refractivity contribution in [2.75, 3.05) is 0 Å². The van der Waals surface area contributed by atoms with Gasteiger partial charge >= 0.3 is 0 Å². The Morgan fingerprint density at radius 2 is 1.77 bits per heavy atom. The fourth-order valence-electron chi connectivity index (χ4n) is 9.52. The fourth-order valence-corrected chi connectivity index (χ4v) is 9.52. The summed E-state index contributed by atoms with van der Waals surface area (Å²) in [5.74, 6) is 3.93. The van der Waals surface area contributed by atoms with Crippen LogP contribution in [0.2, 0.25) is 0 Å². The first-order chi connectivity index (χ1) is 14.5. The van der Waals surface area contributed by atoms with Crippen LogP contribution in [0.1, 0.15) is 92.9 Å². The second-order valence-electron chi connectivity index (χ2n) is 13.5. The van der Waals surface area contributed by atoms with Crippen LogP contribution in [0.5, 0.6) is 0 Å². The van der Waals surface area contributed by atoms with Crippen LogP contribution in [-0.2, 0) is 9.47 Å². The molecule has 4 aliphatic carbocycles. The van der Waals surface area contributed by atoms with E-state index in [0.717, 1.165) is 42.4 Å². The van der Waals surface area contributed by atoms with Crippen molar-refractivity contribution >= 4 is 0 Å². The molecule has 5 fully saturated rings. The molecule has 0 aromatic heterocycles. The van der Waals surface area contributed by atoms with Gasteiger partial charge < -0.3 is 14.6 Å². The van der Waals surface area contributed by atoms with E-state index in [9.17, 15) is 5.11 Å². The number of fused-ring (bicyclic) bond motifs is 8. The lowest BCUT2D eigenvalue weighted by Crippen LogP contribution is -2.54. The van der Waals surface area contributed by atoms with Gasteiger partial charge in [-0.15, -0.1) is 0 Å². The van der Waals surface area contributed by atoms with Gasteiger partial charge in [-0.2, -0.15) is 0 Å². The summed E-state index contributed by atoms with van der Waals surface area (Å²) in [6.07, 6.45) is 12.8. The first kappa shape index (κ1) is 21.2. The summed E-state index contributed by atoms with van der Waals surface area (Å²) >= 11 is 0. The maximum Gasteiger partial charge on any atom is 0.106 e. The SMILES string of the molecule is CC(CCC1(C)OC1(C)C)C1CCC2C3C4OC4C4=CC(O)CCC4(C)C3CCC12C. The first-order valence-corrected chi connectivity index (χ1v) is 13.3. The van der Waals surface area contributed by atoms with Gasteiger partial charge in [-0.1, -0.05) is 26.8 Å². The minimum atomic E-state index is -0.252. The number of hydrogen-bond acceptors (Lipinski definition) is 3.